The molecule has 0 aliphatic carbocycles. The van der Waals surface area contributed by atoms with E-state index in [0.29, 0.717) is 0 Å². The molecule has 3 heterocycles. The zero-order valence-electron chi connectivity index (χ0n) is 15.0. The predicted octanol–water partition coefficient (Wildman–Crippen LogP) is 3.90. The van der Waals surface area contributed by atoms with Crippen LogP contribution in [0.2, 0.25) is 0 Å². The fraction of sp³-hybridized carbons (Fsp3) is 0.238. The van der Waals surface area contributed by atoms with Gasteiger partial charge in [0.2, 0.25) is 0 Å². The number of pyridine rings is 1. The number of rotatable bonds is 4. The topological polar surface area (TPSA) is 33.1 Å². The summed E-state index contributed by atoms with van der Waals surface area (Å²) in [5, 5.41) is 4.28. The largest absolute Gasteiger partial charge is 0.352 e. The van der Waals surface area contributed by atoms with Crippen molar-refractivity contribution in [3.05, 3.63) is 89.5 Å². The van der Waals surface area contributed by atoms with Crippen LogP contribution in [0, 0.1) is 6.92 Å². The number of thiocarbonyl (C=S) groups is 1. The molecule has 2 atom stereocenters. The van der Waals surface area contributed by atoms with Crippen LogP contribution in [0.15, 0.2) is 66.9 Å². The molecule has 26 heavy (non-hydrogen) atoms. The number of hydrogen-bond acceptors (Lipinski definition) is 2. The zero-order valence-corrected chi connectivity index (χ0v) is 15.8. The number of nitrogens with one attached hydrogen (secondary N) is 1. The molecular weight excluding hydrogens is 340 g/mol. The van der Waals surface area contributed by atoms with E-state index in [4.69, 9.17) is 12.2 Å². The van der Waals surface area contributed by atoms with Crippen molar-refractivity contribution in [3.8, 4) is 0 Å². The van der Waals surface area contributed by atoms with Crippen LogP contribution in [-0.4, -0.2) is 19.6 Å². The third kappa shape index (κ3) is 2.99. The minimum absolute atomic E-state index is 0.0282. The van der Waals surface area contributed by atoms with E-state index in [1.54, 1.807) is 0 Å². The van der Waals surface area contributed by atoms with Crippen molar-refractivity contribution >= 4 is 17.3 Å². The SMILES string of the molecule is Cc1ccc([C@H]2[C@@H](c3ccccn3)NC(=S)N2Cc2ccccc2)n1C. The maximum atomic E-state index is 5.72. The van der Waals surface area contributed by atoms with Gasteiger partial charge >= 0.3 is 0 Å². The van der Waals surface area contributed by atoms with E-state index >= 15 is 0 Å². The lowest BCUT2D eigenvalue weighted by Gasteiger charge is -2.28. The molecule has 5 heteroatoms. The van der Waals surface area contributed by atoms with Crippen LogP contribution in [-0.2, 0) is 13.6 Å². The standard InChI is InChI=1S/C21H22N4S/c1-15-11-12-18(24(15)2)20-19(17-10-6-7-13-22-17)23-21(26)25(20)14-16-8-4-3-5-9-16/h3-13,19-20H,14H2,1-2H3,(H,23,26)/t19-,20+/m1/s1. The molecule has 1 saturated heterocycles. The molecule has 0 unspecified atom stereocenters. The molecule has 132 valence electrons. The first-order chi connectivity index (χ1) is 12.6. The Labute approximate surface area is 159 Å². The van der Waals surface area contributed by atoms with Gasteiger partial charge in [0.15, 0.2) is 5.11 Å². The summed E-state index contributed by atoms with van der Waals surface area (Å²) in [6.07, 6.45) is 1.84. The summed E-state index contributed by atoms with van der Waals surface area (Å²) in [7, 11) is 2.11. The quantitative estimate of drug-likeness (QED) is 0.714. The first-order valence-corrected chi connectivity index (χ1v) is 9.20. The Morgan fingerprint density at radius 2 is 1.81 bits per heavy atom. The van der Waals surface area contributed by atoms with E-state index in [-0.39, 0.29) is 12.1 Å². The van der Waals surface area contributed by atoms with Crippen molar-refractivity contribution in [1.29, 1.82) is 0 Å². The fourth-order valence-corrected chi connectivity index (χ4v) is 3.91. The molecular formula is C21H22N4S. The molecule has 4 nitrogen and oxygen atoms in total. The molecule has 1 aliphatic rings. The van der Waals surface area contributed by atoms with Gasteiger partial charge in [-0.15, -0.1) is 0 Å². The average Bonchev–Trinajstić information content (AvgIpc) is 3.17. The van der Waals surface area contributed by atoms with Gasteiger partial charge in [0.1, 0.15) is 0 Å². The predicted molar refractivity (Wildman–Crippen MR) is 108 cm³/mol. The van der Waals surface area contributed by atoms with Gasteiger partial charge in [-0.1, -0.05) is 36.4 Å². The number of nitrogens with zero attached hydrogens (tertiary/aromatic N) is 3. The lowest BCUT2D eigenvalue weighted by Crippen LogP contribution is -2.30. The van der Waals surface area contributed by atoms with Crippen LogP contribution in [0.3, 0.4) is 0 Å². The van der Waals surface area contributed by atoms with Gasteiger partial charge in [0.05, 0.1) is 17.8 Å². The second-order valence-corrected chi connectivity index (χ2v) is 7.09. The molecule has 0 bridgehead atoms. The van der Waals surface area contributed by atoms with Gasteiger partial charge in [-0.3, -0.25) is 4.98 Å². The normalized spacial score (nSPS) is 19.6. The Morgan fingerprint density at radius 3 is 2.46 bits per heavy atom. The van der Waals surface area contributed by atoms with Gasteiger partial charge < -0.3 is 14.8 Å². The van der Waals surface area contributed by atoms with E-state index in [0.717, 1.165) is 17.4 Å². The Kier molecular flexibility index (Phi) is 4.47. The Hall–Kier alpha value is -2.66. The van der Waals surface area contributed by atoms with Crippen LogP contribution in [0.4, 0.5) is 0 Å². The monoisotopic (exact) mass is 362 g/mol. The molecule has 4 rings (SSSR count). The maximum Gasteiger partial charge on any atom is 0.170 e. The molecule has 1 aliphatic heterocycles. The summed E-state index contributed by atoms with van der Waals surface area (Å²) < 4.78 is 2.24. The summed E-state index contributed by atoms with van der Waals surface area (Å²) in [4.78, 5) is 6.87. The van der Waals surface area contributed by atoms with Crippen LogP contribution in [0.25, 0.3) is 0 Å². The Balaban J connectivity index is 1.76. The number of benzene rings is 1. The summed E-state index contributed by atoms with van der Waals surface area (Å²) in [6, 6.07) is 21.0. The third-order valence-electron chi connectivity index (χ3n) is 5.11. The minimum Gasteiger partial charge on any atom is -0.352 e. The molecule has 3 aromatic rings. The van der Waals surface area contributed by atoms with Crippen LogP contribution < -0.4 is 5.32 Å². The van der Waals surface area contributed by atoms with E-state index in [2.05, 4.69) is 76.2 Å². The first kappa shape index (κ1) is 16.8. The summed E-state index contributed by atoms with van der Waals surface area (Å²) in [6.45, 7) is 2.90. The fourth-order valence-electron chi connectivity index (χ4n) is 3.61. The number of aryl methyl sites for hydroxylation is 1. The highest BCUT2D eigenvalue weighted by Crippen LogP contribution is 2.39. The summed E-state index contributed by atoms with van der Waals surface area (Å²) in [5.74, 6) is 0. The Morgan fingerprint density at radius 1 is 1.04 bits per heavy atom. The third-order valence-corrected chi connectivity index (χ3v) is 5.46. The van der Waals surface area contributed by atoms with Gasteiger partial charge in [-0.05, 0) is 49.0 Å². The smallest absolute Gasteiger partial charge is 0.170 e. The average molecular weight is 363 g/mol. The highest BCUT2D eigenvalue weighted by molar-refractivity contribution is 7.80. The molecule has 1 fully saturated rings. The molecule has 0 spiro atoms. The second-order valence-electron chi connectivity index (χ2n) is 6.70. The zero-order chi connectivity index (χ0) is 18.1. The Bertz CT molecular complexity index is 904. The number of hydrogen-bond donors (Lipinski definition) is 1. The number of aromatic nitrogens is 2. The molecule has 0 radical (unpaired) electrons. The van der Waals surface area contributed by atoms with Gasteiger partial charge in [-0.2, -0.15) is 0 Å². The van der Waals surface area contributed by atoms with Gasteiger partial charge in [-0.25, -0.2) is 0 Å². The van der Waals surface area contributed by atoms with E-state index < -0.39 is 0 Å². The molecule has 0 amide bonds. The molecule has 1 aromatic carbocycles. The highest BCUT2D eigenvalue weighted by Gasteiger charge is 2.40. The summed E-state index contributed by atoms with van der Waals surface area (Å²) in [5.41, 5.74) is 4.72. The van der Waals surface area contributed by atoms with E-state index in [1.165, 1.54) is 17.0 Å². The van der Waals surface area contributed by atoms with Crippen molar-refractivity contribution in [3.63, 3.8) is 0 Å². The summed E-state index contributed by atoms with van der Waals surface area (Å²) >= 11 is 5.72. The van der Waals surface area contributed by atoms with E-state index in [1.807, 2.05) is 24.4 Å². The van der Waals surface area contributed by atoms with Crippen LogP contribution in [0.1, 0.15) is 34.7 Å². The van der Waals surface area contributed by atoms with Crippen molar-refractivity contribution in [1.82, 2.24) is 19.8 Å². The maximum absolute atomic E-state index is 5.72. The van der Waals surface area contributed by atoms with Crippen LogP contribution >= 0.6 is 12.2 Å². The van der Waals surface area contributed by atoms with Crippen molar-refractivity contribution in [2.45, 2.75) is 25.6 Å². The van der Waals surface area contributed by atoms with E-state index in [9.17, 15) is 0 Å². The van der Waals surface area contributed by atoms with Gasteiger partial charge in [0, 0.05) is 31.2 Å². The minimum atomic E-state index is 0.0282. The first-order valence-electron chi connectivity index (χ1n) is 8.79. The second kappa shape index (κ2) is 6.92. The van der Waals surface area contributed by atoms with Crippen molar-refractivity contribution in [2.75, 3.05) is 0 Å². The highest BCUT2D eigenvalue weighted by atomic mass is 32.1. The van der Waals surface area contributed by atoms with Crippen molar-refractivity contribution in [2.24, 2.45) is 7.05 Å². The van der Waals surface area contributed by atoms with Crippen LogP contribution in [0.5, 0.6) is 0 Å². The van der Waals surface area contributed by atoms with Gasteiger partial charge in [0.25, 0.3) is 0 Å². The van der Waals surface area contributed by atoms with Crippen molar-refractivity contribution < 1.29 is 0 Å². The lowest BCUT2D eigenvalue weighted by molar-refractivity contribution is 0.299. The molecule has 0 saturated carbocycles. The lowest BCUT2D eigenvalue weighted by atomic mass is 10.0. The molecule has 2 aromatic heterocycles. The molecule has 1 N–H and O–H groups in total.